The van der Waals surface area contributed by atoms with Crippen molar-refractivity contribution in [1.29, 1.82) is 0 Å². The summed E-state index contributed by atoms with van der Waals surface area (Å²) < 4.78 is 18.3. The molecule has 1 atom stereocenters. The van der Waals surface area contributed by atoms with E-state index in [0.29, 0.717) is 16.1 Å². The van der Waals surface area contributed by atoms with Crippen LogP contribution in [0.3, 0.4) is 0 Å². The van der Waals surface area contributed by atoms with Gasteiger partial charge in [0.25, 0.3) is 5.91 Å². The Bertz CT molecular complexity index is 817. The summed E-state index contributed by atoms with van der Waals surface area (Å²) in [5.41, 5.74) is 1.80. The summed E-state index contributed by atoms with van der Waals surface area (Å²) in [7, 11) is 0. The molecule has 0 spiro atoms. The number of halogens is 1. The minimum Gasteiger partial charge on any atom is -0.462 e. The van der Waals surface area contributed by atoms with E-state index in [4.69, 9.17) is 4.74 Å². The number of hydrogen-bond acceptors (Lipinski definition) is 4. The van der Waals surface area contributed by atoms with Gasteiger partial charge < -0.3 is 15.0 Å². The highest BCUT2D eigenvalue weighted by Gasteiger charge is 2.30. The highest BCUT2D eigenvalue weighted by Crippen LogP contribution is 2.35. The van der Waals surface area contributed by atoms with Crippen LogP contribution < -0.4 is 10.2 Å². The molecular weight excluding hydrogens is 355 g/mol. The number of ether oxygens (including phenoxy) is 1. The largest absolute Gasteiger partial charge is 0.462 e. The fourth-order valence-electron chi connectivity index (χ4n) is 3.12. The van der Waals surface area contributed by atoms with Crippen molar-refractivity contribution in [2.24, 2.45) is 0 Å². The fraction of sp³-hybridized carbons (Fsp3) is 0.368. The molecule has 1 unspecified atom stereocenters. The SMILES string of the molecule is CCOC(=O)c1c(NC(=O)c2ccc(F)cc2)sc2c1CC[NH+](CC)C2. The monoisotopic (exact) mass is 377 g/mol. The molecule has 138 valence electrons. The van der Waals surface area contributed by atoms with Crippen LogP contribution in [0.25, 0.3) is 0 Å². The number of carbonyl (C=O) groups is 2. The van der Waals surface area contributed by atoms with Gasteiger partial charge in [-0.05, 0) is 43.7 Å². The second-order valence-electron chi connectivity index (χ2n) is 6.17. The summed E-state index contributed by atoms with van der Waals surface area (Å²) in [6.07, 6.45) is 0.787. The molecule has 1 aliphatic heterocycles. The van der Waals surface area contributed by atoms with Crippen LogP contribution in [0.15, 0.2) is 24.3 Å². The van der Waals surface area contributed by atoms with Crippen LogP contribution in [0.5, 0.6) is 0 Å². The van der Waals surface area contributed by atoms with E-state index < -0.39 is 11.8 Å². The van der Waals surface area contributed by atoms with E-state index in [9.17, 15) is 14.0 Å². The standard InChI is InChI=1S/C19H21FN2O3S/c1-3-22-10-9-14-15(11-22)26-18(16(14)19(24)25-4-2)21-17(23)12-5-7-13(20)8-6-12/h5-8H,3-4,9-11H2,1-2H3,(H,21,23)/p+1. The van der Waals surface area contributed by atoms with Crippen LogP contribution in [-0.2, 0) is 17.7 Å². The van der Waals surface area contributed by atoms with E-state index in [2.05, 4.69) is 12.2 Å². The van der Waals surface area contributed by atoms with Gasteiger partial charge in [0.2, 0.25) is 0 Å². The van der Waals surface area contributed by atoms with Gasteiger partial charge in [-0.2, -0.15) is 0 Å². The zero-order valence-corrected chi connectivity index (χ0v) is 15.7. The normalized spacial score (nSPS) is 16.0. The Morgan fingerprint density at radius 2 is 2.00 bits per heavy atom. The zero-order chi connectivity index (χ0) is 18.7. The molecule has 2 heterocycles. The quantitative estimate of drug-likeness (QED) is 0.786. The zero-order valence-electron chi connectivity index (χ0n) is 14.9. The maximum atomic E-state index is 13.1. The number of rotatable bonds is 5. The molecule has 1 aliphatic rings. The Morgan fingerprint density at radius 1 is 1.27 bits per heavy atom. The van der Waals surface area contributed by atoms with Crippen molar-refractivity contribution >= 4 is 28.2 Å². The number of nitrogens with one attached hydrogen (secondary N) is 2. The Balaban J connectivity index is 1.92. The van der Waals surface area contributed by atoms with Crippen molar-refractivity contribution in [2.75, 3.05) is 25.0 Å². The van der Waals surface area contributed by atoms with E-state index in [1.807, 2.05) is 0 Å². The number of thiophene rings is 1. The van der Waals surface area contributed by atoms with Crippen molar-refractivity contribution in [2.45, 2.75) is 26.8 Å². The lowest BCUT2D eigenvalue weighted by atomic mass is 10.0. The summed E-state index contributed by atoms with van der Waals surface area (Å²) in [5.74, 6) is -1.17. The first kappa shape index (κ1) is 18.5. The molecule has 0 radical (unpaired) electrons. The molecule has 2 N–H and O–H groups in total. The minimum absolute atomic E-state index is 0.279. The molecule has 0 aliphatic carbocycles. The number of esters is 1. The summed E-state index contributed by atoms with van der Waals surface area (Å²) >= 11 is 1.43. The van der Waals surface area contributed by atoms with Crippen molar-refractivity contribution in [3.8, 4) is 0 Å². The van der Waals surface area contributed by atoms with Crippen LogP contribution in [0.4, 0.5) is 9.39 Å². The Kier molecular flexibility index (Phi) is 5.68. The average molecular weight is 377 g/mol. The molecule has 1 aromatic carbocycles. The fourth-order valence-corrected chi connectivity index (χ4v) is 4.42. The van der Waals surface area contributed by atoms with Crippen LogP contribution in [0.1, 0.15) is 45.0 Å². The van der Waals surface area contributed by atoms with E-state index in [0.717, 1.165) is 36.5 Å². The number of likely N-dealkylation sites (N-methyl/N-ethyl adjacent to an activating group) is 1. The third kappa shape index (κ3) is 3.78. The van der Waals surface area contributed by atoms with Crippen molar-refractivity contribution in [3.63, 3.8) is 0 Å². The van der Waals surface area contributed by atoms with E-state index in [1.165, 1.54) is 40.5 Å². The smallest absolute Gasteiger partial charge is 0.341 e. The topological polar surface area (TPSA) is 59.8 Å². The van der Waals surface area contributed by atoms with Crippen molar-refractivity contribution in [3.05, 3.63) is 51.7 Å². The van der Waals surface area contributed by atoms with E-state index in [-0.39, 0.29) is 12.5 Å². The van der Waals surface area contributed by atoms with Gasteiger partial charge in [-0.25, -0.2) is 9.18 Å². The number of anilines is 1. The van der Waals surface area contributed by atoms with Crippen LogP contribution in [0.2, 0.25) is 0 Å². The highest BCUT2D eigenvalue weighted by molar-refractivity contribution is 7.17. The Morgan fingerprint density at radius 3 is 2.65 bits per heavy atom. The highest BCUT2D eigenvalue weighted by atomic mass is 32.1. The van der Waals surface area contributed by atoms with Crippen molar-refractivity contribution in [1.82, 2.24) is 0 Å². The van der Waals surface area contributed by atoms with E-state index in [1.54, 1.807) is 6.92 Å². The lowest BCUT2D eigenvalue weighted by Crippen LogP contribution is -3.11. The molecule has 1 aromatic heterocycles. The first-order chi connectivity index (χ1) is 12.5. The Labute approximate surface area is 155 Å². The van der Waals surface area contributed by atoms with Gasteiger partial charge in [0.1, 0.15) is 17.4 Å². The average Bonchev–Trinajstić information content (AvgIpc) is 2.99. The number of hydrogen-bond donors (Lipinski definition) is 2. The number of fused-ring (bicyclic) bond motifs is 1. The van der Waals surface area contributed by atoms with Gasteiger partial charge in [0.05, 0.1) is 30.1 Å². The molecule has 5 nitrogen and oxygen atoms in total. The van der Waals surface area contributed by atoms with Gasteiger partial charge in [-0.3, -0.25) is 4.79 Å². The summed E-state index contributed by atoms with van der Waals surface area (Å²) in [4.78, 5) is 27.6. The van der Waals surface area contributed by atoms with Crippen molar-refractivity contribution < 1.29 is 23.6 Å². The maximum absolute atomic E-state index is 13.1. The second kappa shape index (κ2) is 7.97. The first-order valence-corrected chi connectivity index (χ1v) is 9.57. The van der Waals surface area contributed by atoms with Gasteiger partial charge in [-0.15, -0.1) is 11.3 Å². The molecule has 0 saturated heterocycles. The number of quaternary nitrogens is 1. The van der Waals surface area contributed by atoms with Crippen LogP contribution in [0, 0.1) is 5.82 Å². The lowest BCUT2D eigenvalue weighted by Gasteiger charge is -2.22. The molecule has 2 aromatic rings. The minimum atomic E-state index is -0.403. The molecule has 0 saturated carbocycles. The molecule has 1 amide bonds. The van der Waals surface area contributed by atoms with Crippen LogP contribution >= 0.6 is 11.3 Å². The van der Waals surface area contributed by atoms with Gasteiger partial charge in [0.15, 0.2) is 0 Å². The molecule has 0 fully saturated rings. The Hall–Kier alpha value is -2.25. The molecular formula is C19H22FN2O3S+. The molecule has 0 bridgehead atoms. The summed E-state index contributed by atoms with van der Waals surface area (Å²) in [6.45, 7) is 6.99. The molecule has 3 rings (SSSR count). The maximum Gasteiger partial charge on any atom is 0.341 e. The number of benzene rings is 1. The summed E-state index contributed by atoms with van der Waals surface area (Å²) in [5, 5.41) is 3.34. The molecule has 7 heteroatoms. The van der Waals surface area contributed by atoms with Gasteiger partial charge in [0, 0.05) is 12.0 Å². The van der Waals surface area contributed by atoms with Gasteiger partial charge in [-0.1, -0.05) is 0 Å². The predicted octanol–water partition coefficient (Wildman–Crippen LogP) is 2.28. The van der Waals surface area contributed by atoms with Gasteiger partial charge >= 0.3 is 5.97 Å². The predicted molar refractivity (Wildman–Crippen MR) is 98.4 cm³/mol. The third-order valence-corrected chi connectivity index (χ3v) is 5.69. The second-order valence-corrected chi connectivity index (χ2v) is 7.27. The van der Waals surface area contributed by atoms with E-state index >= 15 is 0 Å². The summed E-state index contributed by atoms with van der Waals surface area (Å²) in [6, 6.07) is 5.32. The molecule has 26 heavy (non-hydrogen) atoms. The number of carbonyl (C=O) groups excluding carboxylic acids is 2. The van der Waals surface area contributed by atoms with Crippen LogP contribution in [-0.4, -0.2) is 31.6 Å². The first-order valence-electron chi connectivity index (χ1n) is 8.75. The third-order valence-electron chi connectivity index (χ3n) is 4.54. The number of amides is 1. The lowest BCUT2D eigenvalue weighted by molar-refractivity contribution is -0.913.